The van der Waals surface area contributed by atoms with Gasteiger partial charge in [0.15, 0.2) is 0 Å². The van der Waals surface area contributed by atoms with Gasteiger partial charge in [-0.3, -0.25) is 4.79 Å². The Hall–Kier alpha value is -0.960. The summed E-state index contributed by atoms with van der Waals surface area (Å²) in [5.74, 6) is 0.557. The van der Waals surface area contributed by atoms with Crippen molar-refractivity contribution in [1.29, 1.82) is 0 Å². The maximum Gasteiger partial charge on any atom is 0.223 e. The van der Waals surface area contributed by atoms with E-state index in [9.17, 15) is 4.79 Å². The lowest BCUT2D eigenvalue weighted by molar-refractivity contribution is -0.125. The highest BCUT2D eigenvalue weighted by atomic mass is 32.1. The Morgan fingerprint density at radius 1 is 1.15 bits per heavy atom. The average molecular weight is 291 g/mol. The Morgan fingerprint density at radius 2 is 1.90 bits per heavy atom. The van der Waals surface area contributed by atoms with Crippen molar-refractivity contribution in [2.45, 2.75) is 56.3 Å². The van der Waals surface area contributed by atoms with E-state index in [1.165, 1.54) is 24.8 Å². The zero-order chi connectivity index (χ0) is 14.2. The van der Waals surface area contributed by atoms with E-state index >= 15 is 0 Å². The van der Waals surface area contributed by atoms with Crippen LogP contribution in [-0.2, 0) is 11.2 Å². The van der Waals surface area contributed by atoms with E-state index < -0.39 is 0 Å². The topological polar surface area (TPSA) is 29.1 Å². The molecule has 1 N–H and O–H groups in total. The van der Waals surface area contributed by atoms with Crippen LogP contribution in [0.1, 0.15) is 50.5 Å². The minimum Gasteiger partial charge on any atom is -0.356 e. The third-order valence-electron chi connectivity index (χ3n) is 4.14. The first-order valence-corrected chi connectivity index (χ1v) is 8.26. The fraction of sp³-hybridized carbons (Fsp3) is 0.588. The number of hydrogen-bond donors (Lipinski definition) is 2. The number of nitrogens with one attached hydrogen (secondary N) is 1. The largest absolute Gasteiger partial charge is 0.356 e. The molecule has 110 valence electrons. The molecule has 1 aliphatic rings. The first kappa shape index (κ1) is 15.4. The number of benzene rings is 1. The summed E-state index contributed by atoms with van der Waals surface area (Å²) in [5.41, 5.74) is 1.30. The van der Waals surface area contributed by atoms with Crippen LogP contribution in [0.5, 0.6) is 0 Å². The molecule has 1 fully saturated rings. The van der Waals surface area contributed by atoms with Crippen molar-refractivity contribution in [1.82, 2.24) is 5.32 Å². The fourth-order valence-electron chi connectivity index (χ4n) is 2.88. The van der Waals surface area contributed by atoms with Crippen LogP contribution < -0.4 is 5.32 Å². The molecule has 3 heteroatoms. The van der Waals surface area contributed by atoms with Crippen LogP contribution >= 0.6 is 12.6 Å². The lowest BCUT2D eigenvalue weighted by atomic mass is 9.88. The van der Waals surface area contributed by atoms with Gasteiger partial charge in [0.25, 0.3) is 0 Å². The number of thiol groups is 1. The van der Waals surface area contributed by atoms with Gasteiger partial charge < -0.3 is 5.32 Å². The molecular formula is C17H25NOS. The highest BCUT2D eigenvalue weighted by Crippen LogP contribution is 2.23. The Kier molecular flexibility index (Phi) is 6.44. The minimum atomic E-state index is 0.277. The first-order valence-electron chi connectivity index (χ1n) is 7.82. The van der Waals surface area contributed by atoms with Crippen molar-refractivity contribution in [3.05, 3.63) is 29.8 Å². The van der Waals surface area contributed by atoms with Crippen LogP contribution in [0, 0.1) is 5.92 Å². The molecule has 0 bridgehead atoms. The first-order chi connectivity index (χ1) is 9.77. The molecule has 1 aromatic carbocycles. The quantitative estimate of drug-likeness (QED) is 0.602. The zero-order valence-electron chi connectivity index (χ0n) is 12.1. The van der Waals surface area contributed by atoms with Gasteiger partial charge >= 0.3 is 0 Å². The molecular weight excluding hydrogens is 266 g/mol. The van der Waals surface area contributed by atoms with E-state index in [4.69, 9.17) is 0 Å². The van der Waals surface area contributed by atoms with Gasteiger partial charge in [0.05, 0.1) is 0 Å². The summed E-state index contributed by atoms with van der Waals surface area (Å²) >= 11 is 4.46. The zero-order valence-corrected chi connectivity index (χ0v) is 13.0. The molecule has 1 amide bonds. The third kappa shape index (κ3) is 4.86. The second-order valence-corrected chi connectivity index (χ2v) is 6.19. The number of aryl methyl sites for hydroxylation is 1. The predicted octanol–water partition coefficient (Wildman–Crippen LogP) is 3.99. The SMILES string of the molecule is O=C(NCCCCc1ccccc1S)C1CCCCC1. The second-order valence-electron chi connectivity index (χ2n) is 5.71. The van der Waals surface area contributed by atoms with Crippen LogP contribution in [0.2, 0.25) is 0 Å². The van der Waals surface area contributed by atoms with E-state index in [-0.39, 0.29) is 11.8 Å². The van der Waals surface area contributed by atoms with E-state index in [1.54, 1.807) is 0 Å². The van der Waals surface area contributed by atoms with Crippen molar-refractivity contribution in [2.75, 3.05) is 6.54 Å². The maximum absolute atomic E-state index is 12.0. The van der Waals surface area contributed by atoms with Gasteiger partial charge in [-0.2, -0.15) is 0 Å². The number of carbonyl (C=O) groups is 1. The summed E-state index contributed by atoms with van der Waals surface area (Å²) in [6, 6.07) is 8.22. The lowest BCUT2D eigenvalue weighted by Gasteiger charge is -2.20. The van der Waals surface area contributed by atoms with Gasteiger partial charge in [-0.1, -0.05) is 37.5 Å². The normalized spacial score (nSPS) is 16.1. The number of rotatable bonds is 6. The number of unbranched alkanes of at least 4 members (excludes halogenated alkanes) is 1. The maximum atomic E-state index is 12.0. The van der Waals surface area contributed by atoms with Crippen molar-refractivity contribution >= 4 is 18.5 Å². The van der Waals surface area contributed by atoms with Crippen molar-refractivity contribution in [3.8, 4) is 0 Å². The average Bonchev–Trinajstić information content (AvgIpc) is 2.49. The molecule has 0 radical (unpaired) electrons. The van der Waals surface area contributed by atoms with Gasteiger partial charge in [0.1, 0.15) is 0 Å². The molecule has 0 saturated heterocycles. The highest BCUT2D eigenvalue weighted by molar-refractivity contribution is 7.80. The lowest BCUT2D eigenvalue weighted by Crippen LogP contribution is -2.32. The molecule has 2 nitrogen and oxygen atoms in total. The minimum absolute atomic E-state index is 0.277. The van der Waals surface area contributed by atoms with Crippen LogP contribution in [-0.4, -0.2) is 12.5 Å². The fourth-order valence-corrected chi connectivity index (χ4v) is 3.16. The van der Waals surface area contributed by atoms with Crippen molar-refractivity contribution in [3.63, 3.8) is 0 Å². The molecule has 20 heavy (non-hydrogen) atoms. The summed E-state index contributed by atoms with van der Waals surface area (Å²) in [4.78, 5) is 13.0. The van der Waals surface area contributed by atoms with Crippen LogP contribution in [0.4, 0.5) is 0 Å². The molecule has 0 unspecified atom stereocenters. The van der Waals surface area contributed by atoms with E-state index in [0.29, 0.717) is 0 Å². The van der Waals surface area contributed by atoms with Gasteiger partial charge in [0.2, 0.25) is 5.91 Å². The van der Waals surface area contributed by atoms with E-state index in [2.05, 4.69) is 30.1 Å². The van der Waals surface area contributed by atoms with Gasteiger partial charge in [-0.05, 0) is 43.7 Å². The van der Waals surface area contributed by atoms with E-state index in [1.807, 2.05) is 12.1 Å². The summed E-state index contributed by atoms with van der Waals surface area (Å²) in [6.07, 6.45) is 9.08. The molecule has 1 saturated carbocycles. The Balaban J connectivity index is 1.59. The number of carbonyl (C=O) groups excluding carboxylic acids is 1. The van der Waals surface area contributed by atoms with Gasteiger partial charge in [-0.15, -0.1) is 12.6 Å². The van der Waals surface area contributed by atoms with Crippen molar-refractivity contribution in [2.24, 2.45) is 5.92 Å². The molecule has 1 aromatic rings. The van der Waals surface area contributed by atoms with Crippen LogP contribution in [0.25, 0.3) is 0 Å². The summed E-state index contributed by atoms with van der Waals surface area (Å²) in [5, 5.41) is 3.10. The molecule has 0 heterocycles. The van der Waals surface area contributed by atoms with Gasteiger partial charge in [-0.25, -0.2) is 0 Å². The molecule has 0 atom stereocenters. The van der Waals surface area contributed by atoms with E-state index in [0.717, 1.165) is 43.5 Å². The predicted molar refractivity (Wildman–Crippen MR) is 86.2 cm³/mol. The molecule has 2 rings (SSSR count). The number of amides is 1. The molecule has 1 aliphatic carbocycles. The Labute approximate surface area is 127 Å². The third-order valence-corrected chi connectivity index (χ3v) is 4.58. The summed E-state index contributed by atoms with van der Waals surface area (Å²) < 4.78 is 0. The summed E-state index contributed by atoms with van der Waals surface area (Å²) in [7, 11) is 0. The number of hydrogen-bond acceptors (Lipinski definition) is 2. The molecule has 0 aliphatic heterocycles. The van der Waals surface area contributed by atoms with Gasteiger partial charge in [0, 0.05) is 17.4 Å². The molecule has 0 spiro atoms. The highest BCUT2D eigenvalue weighted by Gasteiger charge is 2.20. The smallest absolute Gasteiger partial charge is 0.223 e. The summed E-state index contributed by atoms with van der Waals surface area (Å²) in [6.45, 7) is 0.810. The monoisotopic (exact) mass is 291 g/mol. The standard InChI is InChI=1S/C17H25NOS/c19-17(15-10-2-1-3-11-15)18-13-7-6-9-14-8-4-5-12-16(14)20/h4-5,8,12,15,20H,1-3,6-7,9-11,13H2,(H,18,19). The van der Waals surface area contributed by atoms with Crippen LogP contribution in [0.3, 0.4) is 0 Å². The molecule has 0 aromatic heterocycles. The van der Waals surface area contributed by atoms with Crippen molar-refractivity contribution < 1.29 is 4.79 Å². The Bertz CT molecular complexity index is 427. The Morgan fingerprint density at radius 3 is 2.65 bits per heavy atom. The second kappa shape index (κ2) is 8.35. The van der Waals surface area contributed by atoms with Crippen LogP contribution in [0.15, 0.2) is 29.2 Å².